The van der Waals surface area contributed by atoms with Gasteiger partial charge in [-0.1, -0.05) is 23.2 Å². The first-order chi connectivity index (χ1) is 12.3. The maximum atomic E-state index is 12.4. The molecule has 0 saturated carbocycles. The number of morpholine rings is 1. The Morgan fingerprint density at radius 3 is 2.38 bits per heavy atom. The lowest BCUT2D eigenvalue weighted by molar-refractivity contribution is -0.00546. The zero-order valence-electron chi connectivity index (χ0n) is 14.5. The molecule has 1 saturated heterocycles. The molecule has 1 fully saturated rings. The van der Waals surface area contributed by atoms with E-state index in [0.29, 0.717) is 11.3 Å². The van der Waals surface area contributed by atoms with Crippen LogP contribution in [0.15, 0.2) is 30.5 Å². The normalized spacial score (nSPS) is 20.1. The number of rotatable bonds is 3. The standard InChI is InChI=1S/C18H20Cl2N4O2/c1-10-8-24(9-11(2)26-10)16-4-3-12(7-22-16)18(25)23-13-5-14(19)17(21)15(20)6-13/h3-7,10-11H,8-9,21H2,1-2H3,(H,23,25). The molecule has 2 atom stereocenters. The number of ether oxygens (including phenoxy) is 1. The highest BCUT2D eigenvalue weighted by molar-refractivity contribution is 6.39. The Kier molecular flexibility index (Phi) is 5.55. The van der Waals surface area contributed by atoms with Crippen molar-refractivity contribution < 1.29 is 9.53 Å². The number of nitrogen functional groups attached to an aromatic ring is 1. The minimum atomic E-state index is -0.301. The van der Waals surface area contributed by atoms with Crippen LogP contribution in [0, 0.1) is 0 Å². The lowest BCUT2D eigenvalue weighted by atomic mass is 10.2. The van der Waals surface area contributed by atoms with E-state index >= 15 is 0 Å². The molecule has 6 nitrogen and oxygen atoms in total. The van der Waals surface area contributed by atoms with Crippen LogP contribution in [0.25, 0.3) is 0 Å². The number of carbonyl (C=O) groups excluding carboxylic acids is 1. The molecule has 8 heteroatoms. The van der Waals surface area contributed by atoms with Gasteiger partial charge in [-0.05, 0) is 38.1 Å². The van der Waals surface area contributed by atoms with Crippen molar-refractivity contribution in [2.24, 2.45) is 0 Å². The molecule has 1 aliphatic heterocycles. The van der Waals surface area contributed by atoms with Crippen LogP contribution in [-0.4, -0.2) is 36.2 Å². The summed E-state index contributed by atoms with van der Waals surface area (Å²) in [6, 6.07) is 6.68. The molecule has 2 aromatic rings. The van der Waals surface area contributed by atoms with E-state index in [9.17, 15) is 4.79 Å². The van der Waals surface area contributed by atoms with E-state index in [1.54, 1.807) is 24.4 Å². The number of hydrogen-bond donors (Lipinski definition) is 2. The number of nitrogens with zero attached hydrogens (tertiary/aromatic N) is 2. The molecule has 3 N–H and O–H groups in total. The third kappa shape index (κ3) is 4.20. The molecule has 1 aromatic heterocycles. The maximum absolute atomic E-state index is 12.4. The second-order valence-corrected chi connectivity index (χ2v) is 7.19. The van der Waals surface area contributed by atoms with Crippen LogP contribution < -0.4 is 16.0 Å². The third-order valence-corrected chi connectivity index (χ3v) is 4.72. The fraction of sp³-hybridized carbons (Fsp3) is 0.333. The summed E-state index contributed by atoms with van der Waals surface area (Å²) in [6.07, 6.45) is 1.84. The summed E-state index contributed by atoms with van der Waals surface area (Å²) in [6.45, 7) is 5.61. The van der Waals surface area contributed by atoms with Gasteiger partial charge in [0, 0.05) is 25.0 Å². The van der Waals surface area contributed by atoms with Crippen molar-refractivity contribution in [1.29, 1.82) is 0 Å². The minimum absolute atomic E-state index is 0.142. The van der Waals surface area contributed by atoms with Crippen molar-refractivity contribution in [3.05, 3.63) is 46.1 Å². The summed E-state index contributed by atoms with van der Waals surface area (Å²) in [7, 11) is 0. The van der Waals surface area contributed by atoms with Crippen LogP contribution >= 0.6 is 23.2 Å². The second-order valence-electron chi connectivity index (χ2n) is 6.38. The molecule has 0 radical (unpaired) electrons. The van der Waals surface area contributed by atoms with Gasteiger partial charge in [0.25, 0.3) is 5.91 Å². The second kappa shape index (κ2) is 7.70. The van der Waals surface area contributed by atoms with Gasteiger partial charge in [-0.3, -0.25) is 4.79 Å². The first-order valence-corrected chi connectivity index (χ1v) is 9.01. The number of anilines is 3. The van der Waals surface area contributed by atoms with Gasteiger partial charge in [-0.25, -0.2) is 4.98 Å². The molecule has 1 aliphatic rings. The molecular weight excluding hydrogens is 375 g/mol. The van der Waals surface area contributed by atoms with Crippen LogP contribution in [0.2, 0.25) is 10.0 Å². The minimum Gasteiger partial charge on any atom is -0.396 e. The molecule has 2 heterocycles. The van der Waals surface area contributed by atoms with Gasteiger partial charge in [-0.15, -0.1) is 0 Å². The summed E-state index contributed by atoms with van der Waals surface area (Å²) >= 11 is 12.0. The zero-order valence-corrected chi connectivity index (χ0v) is 16.0. The summed E-state index contributed by atoms with van der Waals surface area (Å²) in [5, 5.41) is 3.32. The number of pyridine rings is 1. The van der Waals surface area contributed by atoms with E-state index in [-0.39, 0.29) is 33.8 Å². The third-order valence-electron chi connectivity index (χ3n) is 4.09. The van der Waals surface area contributed by atoms with Crippen molar-refractivity contribution in [2.75, 3.05) is 29.0 Å². The molecule has 0 bridgehead atoms. The predicted octanol–water partition coefficient (Wildman–Crippen LogP) is 3.84. The number of hydrogen-bond acceptors (Lipinski definition) is 5. The van der Waals surface area contributed by atoms with Gasteiger partial charge < -0.3 is 20.7 Å². The Morgan fingerprint density at radius 1 is 1.23 bits per heavy atom. The SMILES string of the molecule is CC1CN(c2ccc(C(=O)Nc3cc(Cl)c(N)c(Cl)c3)cn2)CC(C)O1. The molecule has 1 aromatic carbocycles. The van der Waals surface area contributed by atoms with Crippen LogP contribution in [0.1, 0.15) is 24.2 Å². The fourth-order valence-corrected chi connectivity index (χ4v) is 3.42. The Bertz CT molecular complexity index is 780. The van der Waals surface area contributed by atoms with E-state index in [4.69, 9.17) is 33.7 Å². The van der Waals surface area contributed by atoms with E-state index in [1.165, 1.54) is 0 Å². The highest BCUT2D eigenvalue weighted by Gasteiger charge is 2.23. The van der Waals surface area contributed by atoms with Gasteiger partial charge in [0.2, 0.25) is 0 Å². The molecule has 0 aliphatic carbocycles. The first kappa shape index (κ1) is 18.8. The van der Waals surface area contributed by atoms with Crippen molar-refractivity contribution in [3.8, 4) is 0 Å². The van der Waals surface area contributed by atoms with Crippen LogP contribution in [0.5, 0.6) is 0 Å². The lowest BCUT2D eigenvalue weighted by Gasteiger charge is -2.36. The topological polar surface area (TPSA) is 80.5 Å². The van der Waals surface area contributed by atoms with Crippen molar-refractivity contribution in [2.45, 2.75) is 26.1 Å². The molecular formula is C18H20Cl2N4O2. The fourth-order valence-electron chi connectivity index (χ4n) is 2.93. The highest BCUT2D eigenvalue weighted by Crippen LogP contribution is 2.31. The van der Waals surface area contributed by atoms with Crippen molar-refractivity contribution in [1.82, 2.24) is 4.98 Å². The van der Waals surface area contributed by atoms with Gasteiger partial charge >= 0.3 is 0 Å². The number of halogens is 2. The molecule has 3 rings (SSSR count). The predicted molar refractivity (Wildman–Crippen MR) is 105 cm³/mol. The van der Waals surface area contributed by atoms with Crippen LogP contribution in [-0.2, 0) is 4.74 Å². The number of benzene rings is 1. The Labute approximate surface area is 162 Å². The maximum Gasteiger partial charge on any atom is 0.257 e. The van der Waals surface area contributed by atoms with E-state index < -0.39 is 0 Å². The number of aromatic nitrogens is 1. The molecule has 0 spiro atoms. The molecule has 1 amide bonds. The summed E-state index contributed by atoms with van der Waals surface area (Å²) in [5.41, 5.74) is 6.89. The average Bonchev–Trinajstić information content (AvgIpc) is 2.59. The van der Waals surface area contributed by atoms with E-state index in [1.807, 2.05) is 19.9 Å². The van der Waals surface area contributed by atoms with E-state index in [0.717, 1.165) is 18.9 Å². The highest BCUT2D eigenvalue weighted by atomic mass is 35.5. The zero-order chi connectivity index (χ0) is 18.8. The summed E-state index contributed by atoms with van der Waals surface area (Å²) in [4.78, 5) is 19.0. The Balaban J connectivity index is 1.71. The number of amides is 1. The Morgan fingerprint density at radius 2 is 1.85 bits per heavy atom. The van der Waals surface area contributed by atoms with Crippen LogP contribution in [0.3, 0.4) is 0 Å². The number of carbonyl (C=O) groups is 1. The van der Waals surface area contributed by atoms with Gasteiger partial charge in [-0.2, -0.15) is 0 Å². The molecule has 138 valence electrons. The van der Waals surface area contributed by atoms with E-state index in [2.05, 4.69) is 15.2 Å². The molecule has 26 heavy (non-hydrogen) atoms. The molecule has 2 unspecified atom stereocenters. The first-order valence-electron chi connectivity index (χ1n) is 8.26. The average molecular weight is 395 g/mol. The smallest absolute Gasteiger partial charge is 0.257 e. The van der Waals surface area contributed by atoms with Gasteiger partial charge in [0.05, 0.1) is 33.5 Å². The summed E-state index contributed by atoms with van der Waals surface area (Å²) in [5.74, 6) is 0.520. The number of nitrogens with two attached hydrogens (primary N) is 1. The summed E-state index contributed by atoms with van der Waals surface area (Å²) < 4.78 is 5.73. The number of nitrogens with one attached hydrogen (secondary N) is 1. The Hall–Kier alpha value is -2.02. The van der Waals surface area contributed by atoms with Crippen LogP contribution in [0.4, 0.5) is 17.2 Å². The quantitative estimate of drug-likeness (QED) is 0.772. The van der Waals surface area contributed by atoms with Crippen molar-refractivity contribution >= 4 is 46.3 Å². The van der Waals surface area contributed by atoms with Crippen molar-refractivity contribution in [3.63, 3.8) is 0 Å². The van der Waals surface area contributed by atoms with Gasteiger partial charge in [0.15, 0.2) is 0 Å². The lowest BCUT2D eigenvalue weighted by Crippen LogP contribution is -2.45. The van der Waals surface area contributed by atoms with Gasteiger partial charge in [0.1, 0.15) is 5.82 Å². The monoisotopic (exact) mass is 394 g/mol. The largest absolute Gasteiger partial charge is 0.396 e.